The highest BCUT2D eigenvalue weighted by Gasteiger charge is 1.99. The highest BCUT2D eigenvalue weighted by molar-refractivity contribution is 6.30. The van der Waals surface area contributed by atoms with Crippen LogP contribution in [0.25, 0.3) is 6.08 Å². The van der Waals surface area contributed by atoms with Gasteiger partial charge in [0.25, 0.3) is 0 Å². The van der Waals surface area contributed by atoms with Gasteiger partial charge < -0.3 is 5.32 Å². The van der Waals surface area contributed by atoms with Crippen molar-refractivity contribution in [3.63, 3.8) is 0 Å². The lowest BCUT2D eigenvalue weighted by atomic mass is 10.1. The van der Waals surface area contributed by atoms with E-state index in [9.17, 15) is 0 Å². The summed E-state index contributed by atoms with van der Waals surface area (Å²) < 4.78 is 0. The molecule has 3 heteroatoms. The number of pyridine rings is 1. The van der Waals surface area contributed by atoms with Crippen molar-refractivity contribution in [2.75, 3.05) is 13.6 Å². The molecule has 1 N–H and O–H groups in total. The largest absolute Gasteiger partial charge is 0.316 e. The van der Waals surface area contributed by atoms with Crippen LogP contribution in [0.3, 0.4) is 0 Å². The zero-order valence-corrected chi connectivity index (χ0v) is 8.60. The smallest absolute Gasteiger partial charge is 0.136 e. The lowest BCUT2D eigenvalue weighted by molar-refractivity contribution is 0.922. The van der Waals surface area contributed by atoms with Gasteiger partial charge in [0.2, 0.25) is 0 Å². The Morgan fingerprint density at radius 1 is 1.62 bits per heavy atom. The van der Waals surface area contributed by atoms with E-state index in [4.69, 9.17) is 11.6 Å². The Balaban J connectivity index is 2.87. The van der Waals surface area contributed by atoms with Gasteiger partial charge in [0.05, 0.1) is 0 Å². The van der Waals surface area contributed by atoms with Crippen molar-refractivity contribution < 1.29 is 0 Å². The summed E-state index contributed by atoms with van der Waals surface area (Å²) in [6, 6.07) is 1.95. The molecule has 1 rings (SSSR count). The van der Waals surface area contributed by atoms with Crippen LogP contribution in [0.5, 0.6) is 0 Å². The Bertz CT molecular complexity index is 288. The average Bonchev–Trinajstić information content (AvgIpc) is 2.10. The van der Waals surface area contributed by atoms with Gasteiger partial charge in [-0.3, -0.25) is 0 Å². The van der Waals surface area contributed by atoms with E-state index in [0.717, 1.165) is 17.7 Å². The molecule has 0 saturated carbocycles. The fourth-order valence-corrected chi connectivity index (χ4v) is 1.30. The summed E-state index contributed by atoms with van der Waals surface area (Å²) >= 11 is 5.93. The minimum absolute atomic E-state index is 0.562. The van der Waals surface area contributed by atoms with E-state index in [2.05, 4.69) is 10.3 Å². The molecule has 0 amide bonds. The van der Waals surface area contributed by atoms with Crippen LogP contribution in [0.15, 0.2) is 18.3 Å². The Hall–Kier alpha value is -0.860. The molecule has 70 valence electrons. The monoisotopic (exact) mass is 196 g/mol. The molecule has 0 radical (unpaired) electrons. The van der Waals surface area contributed by atoms with Gasteiger partial charge in [-0.1, -0.05) is 23.8 Å². The lowest BCUT2D eigenvalue weighted by Crippen LogP contribution is -2.03. The average molecular weight is 197 g/mol. The van der Waals surface area contributed by atoms with Crippen molar-refractivity contribution in [2.45, 2.75) is 6.92 Å². The third-order valence-corrected chi connectivity index (χ3v) is 2.07. The summed E-state index contributed by atoms with van der Waals surface area (Å²) in [5.74, 6) is 0. The second kappa shape index (κ2) is 5.00. The highest BCUT2D eigenvalue weighted by atomic mass is 35.5. The molecular formula is C10H13ClN2. The summed E-state index contributed by atoms with van der Waals surface area (Å²) in [7, 11) is 1.90. The Kier molecular flexibility index (Phi) is 3.93. The van der Waals surface area contributed by atoms with Gasteiger partial charge in [0.1, 0.15) is 5.15 Å². The van der Waals surface area contributed by atoms with Crippen molar-refractivity contribution in [2.24, 2.45) is 0 Å². The van der Waals surface area contributed by atoms with Gasteiger partial charge >= 0.3 is 0 Å². The first kappa shape index (κ1) is 10.2. The predicted molar refractivity (Wildman–Crippen MR) is 56.9 cm³/mol. The summed E-state index contributed by atoms with van der Waals surface area (Å²) in [4.78, 5) is 4.01. The van der Waals surface area contributed by atoms with Gasteiger partial charge in [0.15, 0.2) is 0 Å². The van der Waals surface area contributed by atoms with E-state index in [1.165, 1.54) is 0 Å². The molecule has 0 aliphatic heterocycles. The quantitative estimate of drug-likeness (QED) is 0.751. The van der Waals surface area contributed by atoms with Crippen molar-refractivity contribution in [3.05, 3.63) is 34.6 Å². The minimum atomic E-state index is 0.562. The molecule has 0 aromatic carbocycles. The van der Waals surface area contributed by atoms with Gasteiger partial charge in [-0.2, -0.15) is 0 Å². The Labute approximate surface area is 83.6 Å². The van der Waals surface area contributed by atoms with Crippen LogP contribution >= 0.6 is 11.6 Å². The van der Waals surface area contributed by atoms with Crippen LogP contribution in [-0.2, 0) is 0 Å². The number of aryl methyl sites for hydroxylation is 1. The number of nitrogens with zero attached hydrogens (tertiary/aromatic N) is 1. The number of likely N-dealkylation sites (N-methyl/N-ethyl adjacent to an activating group) is 1. The molecular weight excluding hydrogens is 184 g/mol. The topological polar surface area (TPSA) is 24.9 Å². The third kappa shape index (κ3) is 2.83. The van der Waals surface area contributed by atoms with Crippen molar-refractivity contribution >= 4 is 17.7 Å². The first-order valence-corrected chi connectivity index (χ1v) is 4.55. The van der Waals surface area contributed by atoms with Gasteiger partial charge in [0, 0.05) is 18.3 Å². The van der Waals surface area contributed by atoms with Crippen molar-refractivity contribution in [3.8, 4) is 0 Å². The maximum Gasteiger partial charge on any atom is 0.136 e. The lowest BCUT2D eigenvalue weighted by Gasteiger charge is -2.01. The predicted octanol–water partition coefficient (Wildman–Crippen LogP) is 2.28. The first-order chi connectivity index (χ1) is 6.25. The SMILES string of the molecule is CNCC=Cc1c(C)ccnc1Cl. The van der Waals surface area contributed by atoms with E-state index in [-0.39, 0.29) is 0 Å². The molecule has 0 unspecified atom stereocenters. The first-order valence-electron chi connectivity index (χ1n) is 4.18. The molecule has 0 aliphatic carbocycles. The van der Waals surface area contributed by atoms with Crippen LogP contribution in [-0.4, -0.2) is 18.6 Å². The molecule has 13 heavy (non-hydrogen) atoms. The van der Waals surface area contributed by atoms with Crippen LogP contribution in [0.4, 0.5) is 0 Å². The van der Waals surface area contributed by atoms with Crippen LogP contribution < -0.4 is 5.32 Å². The highest BCUT2D eigenvalue weighted by Crippen LogP contribution is 2.17. The molecule has 0 atom stereocenters. The molecule has 1 aromatic heterocycles. The number of hydrogen-bond donors (Lipinski definition) is 1. The zero-order chi connectivity index (χ0) is 9.68. The zero-order valence-electron chi connectivity index (χ0n) is 7.84. The van der Waals surface area contributed by atoms with E-state index in [0.29, 0.717) is 5.15 Å². The minimum Gasteiger partial charge on any atom is -0.316 e. The molecule has 0 bridgehead atoms. The third-order valence-electron chi connectivity index (χ3n) is 1.77. The molecule has 0 spiro atoms. The van der Waals surface area contributed by atoms with Crippen molar-refractivity contribution in [1.82, 2.24) is 10.3 Å². The summed E-state index contributed by atoms with van der Waals surface area (Å²) in [5.41, 5.74) is 2.15. The van der Waals surface area contributed by atoms with Gasteiger partial charge in [-0.05, 0) is 25.6 Å². The van der Waals surface area contributed by atoms with E-state index >= 15 is 0 Å². The second-order valence-corrected chi connectivity index (χ2v) is 3.15. The molecule has 1 aromatic rings. The summed E-state index contributed by atoms with van der Waals surface area (Å²) in [6.45, 7) is 2.86. The van der Waals surface area contributed by atoms with E-state index < -0.39 is 0 Å². The van der Waals surface area contributed by atoms with Crippen LogP contribution in [0, 0.1) is 6.92 Å². The number of hydrogen-bond acceptors (Lipinski definition) is 2. The van der Waals surface area contributed by atoms with E-state index in [1.807, 2.05) is 32.2 Å². The van der Waals surface area contributed by atoms with Crippen molar-refractivity contribution in [1.29, 1.82) is 0 Å². The fraction of sp³-hybridized carbons (Fsp3) is 0.300. The van der Waals surface area contributed by atoms with E-state index in [1.54, 1.807) is 6.20 Å². The standard InChI is InChI=1S/C10H13ClN2/c1-8-5-7-13-10(11)9(8)4-3-6-12-2/h3-5,7,12H,6H2,1-2H3. The Morgan fingerprint density at radius 2 is 2.38 bits per heavy atom. The van der Waals surface area contributed by atoms with Crippen LogP contribution in [0.2, 0.25) is 5.15 Å². The second-order valence-electron chi connectivity index (χ2n) is 2.79. The van der Waals surface area contributed by atoms with Gasteiger partial charge in [-0.15, -0.1) is 0 Å². The van der Waals surface area contributed by atoms with Crippen LogP contribution in [0.1, 0.15) is 11.1 Å². The fourth-order valence-electron chi connectivity index (χ4n) is 1.03. The molecule has 0 aliphatic rings. The van der Waals surface area contributed by atoms with Gasteiger partial charge in [-0.25, -0.2) is 4.98 Å². The molecule has 2 nitrogen and oxygen atoms in total. The number of rotatable bonds is 3. The Morgan fingerprint density at radius 3 is 3.00 bits per heavy atom. The molecule has 0 fully saturated rings. The number of aromatic nitrogens is 1. The normalized spacial score (nSPS) is 11.0. The molecule has 1 heterocycles. The summed E-state index contributed by atoms with van der Waals surface area (Å²) in [6.07, 6.45) is 5.73. The number of nitrogens with one attached hydrogen (secondary N) is 1. The maximum absolute atomic E-state index is 5.93. The number of halogens is 1. The summed E-state index contributed by atoms with van der Waals surface area (Å²) in [5, 5.41) is 3.59. The molecule has 0 saturated heterocycles. The maximum atomic E-state index is 5.93.